The van der Waals surface area contributed by atoms with Gasteiger partial charge in [0.15, 0.2) is 0 Å². The highest BCUT2D eigenvalue weighted by atomic mass is 35.5. The molecule has 3 aromatic rings. The lowest BCUT2D eigenvalue weighted by Gasteiger charge is -2.40. The number of aromatic amines is 1. The van der Waals surface area contributed by atoms with Crippen LogP contribution in [0.25, 0.3) is 5.69 Å². The quantitative estimate of drug-likeness (QED) is 0.679. The highest BCUT2D eigenvalue weighted by molar-refractivity contribution is 6.32. The lowest BCUT2D eigenvalue weighted by Crippen LogP contribution is -2.51. The first-order valence-corrected chi connectivity index (χ1v) is 9.40. The topological polar surface area (TPSA) is 101 Å². The van der Waals surface area contributed by atoms with Gasteiger partial charge < -0.3 is 5.32 Å². The Morgan fingerprint density at radius 3 is 2.81 bits per heavy atom. The molecule has 4 rings (SSSR count). The summed E-state index contributed by atoms with van der Waals surface area (Å²) in [5.74, 6) is 1.18. The van der Waals surface area contributed by atoms with Gasteiger partial charge in [-0.3, -0.25) is 9.89 Å². The summed E-state index contributed by atoms with van der Waals surface area (Å²) >= 11 is 6.32. The Labute approximate surface area is 161 Å². The van der Waals surface area contributed by atoms with Crippen molar-refractivity contribution in [3.05, 3.63) is 53.1 Å². The lowest BCUT2D eigenvalue weighted by atomic mass is 9.76. The number of nitrogens with zero attached hydrogens (tertiary/aromatic N) is 5. The zero-order valence-corrected chi connectivity index (χ0v) is 15.7. The second kappa shape index (κ2) is 7.11. The maximum absolute atomic E-state index is 12.9. The van der Waals surface area contributed by atoms with E-state index in [0.29, 0.717) is 28.8 Å². The number of rotatable bonds is 6. The molecule has 2 N–H and O–H groups in total. The van der Waals surface area contributed by atoms with Crippen LogP contribution in [0.1, 0.15) is 54.9 Å². The molecule has 140 valence electrons. The van der Waals surface area contributed by atoms with Gasteiger partial charge in [0.05, 0.1) is 16.2 Å². The lowest BCUT2D eigenvalue weighted by molar-refractivity contribution is 0.0799. The summed E-state index contributed by atoms with van der Waals surface area (Å²) in [6.07, 6.45) is 5.65. The van der Waals surface area contributed by atoms with Crippen molar-refractivity contribution >= 4 is 17.5 Å². The zero-order chi connectivity index (χ0) is 18.9. The van der Waals surface area contributed by atoms with Crippen LogP contribution < -0.4 is 5.32 Å². The zero-order valence-electron chi connectivity index (χ0n) is 14.9. The Balaban J connectivity index is 1.65. The molecule has 1 fully saturated rings. The summed E-state index contributed by atoms with van der Waals surface area (Å²) in [7, 11) is 0. The minimum atomic E-state index is -0.519. The highest BCUT2D eigenvalue weighted by Gasteiger charge is 2.43. The van der Waals surface area contributed by atoms with Gasteiger partial charge in [0.25, 0.3) is 5.91 Å². The van der Waals surface area contributed by atoms with Crippen LogP contribution in [-0.4, -0.2) is 35.9 Å². The molecule has 0 radical (unpaired) electrons. The predicted molar refractivity (Wildman–Crippen MR) is 99.7 cm³/mol. The van der Waals surface area contributed by atoms with Crippen molar-refractivity contribution in [2.24, 2.45) is 0 Å². The van der Waals surface area contributed by atoms with Gasteiger partial charge in [0.2, 0.25) is 5.82 Å². The minimum Gasteiger partial charge on any atom is -0.337 e. The molecular formula is C18H20ClN7O. The first-order valence-electron chi connectivity index (χ1n) is 9.02. The second-order valence-corrected chi connectivity index (χ2v) is 7.10. The molecule has 1 aliphatic carbocycles. The molecule has 0 unspecified atom stereocenters. The number of carbonyl (C=O) groups excluding carboxylic acids is 1. The van der Waals surface area contributed by atoms with Gasteiger partial charge in [-0.1, -0.05) is 30.7 Å². The molecule has 0 aliphatic heterocycles. The fourth-order valence-electron chi connectivity index (χ4n) is 3.30. The molecule has 0 saturated heterocycles. The molecule has 9 heteroatoms. The maximum Gasteiger partial charge on any atom is 0.291 e. The molecule has 0 spiro atoms. The van der Waals surface area contributed by atoms with Crippen LogP contribution in [0.2, 0.25) is 5.02 Å². The van der Waals surface area contributed by atoms with Gasteiger partial charge in [-0.05, 0) is 37.8 Å². The number of hydrogen-bond donors (Lipinski definition) is 2. The normalized spacial score (nSPS) is 15.3. The van der Waals surface area contributed by atoms with Gasteiger partial charge in [-0.2, -0.15) is 5.10 Å². The molecule has 0 bridgehead atoms. The summed E-state index contributed by atoms with van der Waals surface area (Å²) in [5, 5.41) is 14.8. The van der Waals surface area contributed by atoms with Crippen LogP contribution in [0, 0.1) is 0 Å². The van der Waals surface area contributed by atoms with Crippen LogP contribution in [0.3, 0.4) is 0 Å². The Kier molecular flexibility index (Phi) is 4.65. The number of aryl methyl sites for hydroxylation is 1. The number of benzene rings is 1. The standard InChI is InChI=1S/C18H20ClN7O/c1-2-6-14-22-15(25-26(14)13-8-4-3-7-12(13)19)16(27)23-18(9-5-10-18)17-20-11-21-24-17/h3-4,7-8,11H,2,5-6,9-10H2,1H3,(H,23,27)(H,20,21,24). The van der Waals surface area contributed by atoms with Crippen molar-refractivity contribution in [3.63, 3.8) is 0 Å². The number of H-pyrrole nitrogens is 1. The first kappa shape index (κ1) is 17.7. The second-order valence-electron chi connectivity index (χ2n) is 6.69. The molecule has 1 aliphatic rings. The minimum absolute atomic E-state index is 0.129. The summed E-state index contributed by atoms with van der Waals surface area (Å²) in [6, 6.07) is 7.39. The molecular weight excluding hydrogens is 366 g/mol. The molecule has 1 aromatic carbocycles. The molecule has 0 atom stereocenters. The van der Waals surface area contributed by atoms with E-state index in [-0.39, 0.29) is 11.7 Å². The Morgan fingerprint density at radius 2 is 2.19 bits per heavy atom. The Hall–Kier alpha value is -2.74. The van der Waals surface area contributed by atoms with Crippen molar-refractivity contribution in [2.45, 2.75) is 44.6 Å². The van der Waals surface area contributed by atoms with Crippen molar-refractivity contribution in [3.8, 4) is 5.69 Å². The van der Waals surface area contributed by atoms with E-state index < -0.39 is 5.54 Å². The fourth-order valence-corrected chi connectivity index (χ4v) is 3.52. The first-order chi connectivity index (χ1) is 13.1. The van der Waals surface area contributed by atoms with Gasteiger partial charge >= 0.3 is 0 Å². The third-order valence-electron chi connectivity index (χ3n) is 4.86. The fraction of sp³-hybridized carbons (Fsp3) is 0.389. The third-order valence-corrected chi connectivity index (χ3v) is 5.18. The van der Waals surface area contributed by atoms with E-state index in [2.05, 4.69) is 37.5 Å². The van der Waals surface area contributed by atoms with Crippen LogP contribution in [0.5, 0.6) is 0 Å². The number of para-hydroxylation sites is 1. The van der Waals surface area contributed by atoms with Crippen molar-refractivity contribution in [2.75, 3.05) is 0 Å². The number of aromatic nitrogens is 6. The number of halogens is 1. The highest BCUT2D eigenvalue weighted by Crippen LogP contribution is 2.39. The smallest absolute Gasteiger partial charge is 0.291 e. The molecule has 8 nitrogen and oxygen atoms in total. The third kappa shape index (κ3) is 3.21. The van der Waals surface area contributed by atoms with E-state index in [1.165, 1.54) is 6.33 Å². The monoisotopic (exact) mass is 385 g/mol. The van der Waals surface area contributed by atoms with Crippen LogP contribution >= 0.6 is 11.6 Å². The molecule has 1 saturated carbocycles. The molecule has 27 heavy (non-hydrogen) atoms. The van der Waals surface area contributed by atoms with Gasteiger partial charge in [-0.15, -0.1) is 5.10 Å². The number of amides is 1. The van der Waals surface area contributed by atoms with Gasteiger partial charge in [0, 0.05) is 6.42 Å². The number of nitrogens with one attached hydrogen (secondary N) is 2. The average Bonchev–Trinajstić information content (AvgIpc) is 3.29. The van der Waals surface area contributed by atoms with Gasteiger partial charge in [0.1, 0.15) is 18.0 Å². The van der Waals surface area contributed by atoms with Crippen molar-refractivity contribution < 1.29 is 4.79 Å². The predicted octanol–water partition coefficient (Wildman–Crippen LogP) is 2.80. The van der Waals surface area contributed by atoms with Crippen molar-refractivity contribution in [1.29, 1.82) is 0 Å². The molecule has 2 aromatic heterocycles. The summed E-state index contributed by atoms with van der Waals surface area (Å²) < 4.78 is 1.66. The van der Waals surface area contributed by atoms with E-state index in [4.69, 9.17) is 11.6 Å². The molecule has 2 heterocycles. The number of carbonyl (C=O) groups is 1. The number of hydrogen-bond acceptors (Lipinski definition) is 5. The van der Waals surface area contributed by atoms with E-state index in [1.54, 1.807) is 10.7 Å². The maximum atomic E-state index is 12.9. The van der Waals surface area contributed by atoms with Crippen LogP contribution in [0.4, 0.5) is 0 Å². The van der Waals surface area contributed by atoms with E-state index in [9.17, 15) is 4.79 Å². The van der Waals surface area contributed by atoms with E-state index in [1.807, 2.05) is 18.2 Å². The van der Waals surface area contributed by atoms with Crippen molar-refractivity contribution in [1.82, 2.24) is 35.3 Å². The summed E-state index contributed by atoms with van der Waals surface area (Å²) in [4.78, 5) is 21.6. The SMILES string of the molecule is CCCc1nc(C(=O)NC2(c3ncn[nH]3)CCC2)nn1-c1ccccc1Cl. The summed E-state index contributed by atoms with van der Waals surface area (Å²) in [6.45, 7) is 2.05. The Morgan fingerprint density at radius 1 is 1.37 bits per heavy atom. The van der Waals surface area contributed by atoms with Crippen LogP contribution in [-0.2, 0) is 12.0 Å². The molecule has 1 amide bonds. The van der Waals surface area contributed by atoms with E-state index in [0.717, 1.165) is 25.7 Å². The van der Waals surface area contributed by atoms with Crippen LogP contribution in [0.15, 0.2) is 30.6 Å². The average molecular weight is 386 g/mol. The summed E-state index contributed by atoms with van der Waals surface area (Å²) in [5.41, 5.74) is 0.191. The Bertz CT molecular complexity index is 947. The van der Waals surface area contributed by atoms with Gasteiger partial charge in [-0.25, -0.2) is 14.6 Å². The largest absolute Gasteiger partial charge is 0.337 e. The van der Waals surface area contributed by atoms with E-state index >= 15 is 0 Å².